The van der Waals surface area contributed by atoms with Crippen molar-refractivity contribution in [3.05, 3.63) is 28.8 Å². The molecule has 1 aliphatic rings. The Hall–Kier alpha value is -1.35. The molecule has 3 nitrogen and oxygen atoms in total. The highest BCUT2D eigenvalue weighted by Crippen LogP contribution is 2.34. The lowest BCUT2D eigenvalue weighted by Crippen LogP contribution is -2.24. The highest BCUT2D eigenvalue weighted by molar-refractivity contribution is 6.54. The Bertz CT molecular complexity index is 414. The van der Waals surface area contributed by atoms with Crippen LogP contribution in [0.5, 0.6) is 0 Å². The zero-order valence-electron chi connectivity index (χ0n) is 6.87. The van der Waals surface area contributed by atoms with Crippen LogP contribution in [0.25, 0.3) is 0 Å². The summed E-state index contributed by atoms with van der Waals surface area (Å²) in [7, 11) is 1.54. The monoisotopic (exact) mass is 195 g/mol. The maximum atomic E-state index is 11.3. The number of anilines is 1. The van der Waals surface area contributed by atoms with Gasteiger partial charge < -0.3 is 4.90 Å². The van der Waals surface area contributed by atoms with Crippen molar-refractivity contribution >= 4 is 29.0 Å². The van der Waals surface area contributed by atoms with Gasteiger partial charge in [-0.1, -0.05) is 17.7 Å². The van der Waals surface area contributed by atoms with Gasteiger partial charge in [-0.3, -0.25) is 9.59 Å². The summed E-state index contributed by atoms with van der Waals surface area (Å²) in [5, 5.41) is 0.430. The van der Waals surface area contributed by atoms with E-state index in [4.69, 9.17) is 11.6 Å². The number of likely N-dealkylation sites (N-methyl/N-ethyl adjacent to an activating group) is 1. The third-order valence-corrected chi connectivity index (χ3v) is 2.37. The predicted octanol–water partition coefficient (Wildman–Crippen LogP) is 1.50. The van der Waals surface area contributed by atoms with Crippen molar-refractivity contribution in [2.45, 2.75) is 0 Å². The number of amides is 1. The van der Waals surface area contributed by atoms with Crippen LogP contribution in [0.15, 0.2) is 18.2 Å². The molecule has 1 aromatic rings. The zero-order valence-corrected chi connectivity index (χ0v) is 7.63. The number of nitrogens with zero attached hydrogens (tertiary/aromatic N) is 1. The van der Waals surface area contributed by atoms with Crippen molar-refractivity contribution in [3.8, 4) is 0 Å². The topological polar surface area (TPSA) is 37.4 Å². The SMILES string of the molecule is CN1C(=O)C(=O)c2cccc(Cl)c21. The molecule has 0 saturated carbocycles. The second-order valence-corrected chi connectivity index (χ2v) is 3.24. The quantitative estimate of drug-likeness (QED) is 0.589. The summed E-state index contributed by atoms with van der Waals surface area (Å²) in [6.07, 6.45) is 0. The fourth-order valence-corrected chi connectivity index (χ4v) is 1.71. The van der Waals surface area contributed by atoms with Crippen LogP contribution < -0.4 is 4.90 Å². The van der Waals surface area contributed by atoms with Crippen molar-refractivity contribution in [2.24, 2.45) is 0 Å². The van der Waals surface area contributed by atoms with Crippen LogP contribution in [-0.2, 0) is 4.79 Å². The summed E-state index contributed by atoms with van der Waals surface area (Å²) < 4.78 is 0. The van der Waals surface area contributed by atoms with Gasteiger partial charge in [0.15, 0.2) is 0 Å². The van der Waals surface area contributed by atoms with Gasteiger partial charge in [0.05, 0.1) is 16.3 Å². The molecule has 66 valence electrons. The molecule has 4 heteroatoms. The number of carbonyl (C=O) groups is 2. The first-order valence-electron chi connectivity index (χ1n) is 3.74. The van der Waals surface area contributed by atoms with E-state index < -0.39 is 11.7 Å². The van der Waals surface area contributed by atoms with Crippen molar-refractivity contribution in [2.75, 3.05) is 11.9 Å². The van der Waals surface area contributed by atoms with Gasteiger partial charge in [0.1, 0.15) is 0 Å². The lowest BCUT2D eigenvalue weighted by Gasteiger charge is -2.09. The molecule has 0 aliphatic carbocycles. The second-order valence-electron chi connectivity index (χ2n) is 2.83. The third-order valence-electron chi connectivity index (χ3n) is 2.07. The lowest BCUT2D eigenvalue weighted by molar-refractivity contribution is -0.114. The number of fused-ring (bicyclic) bond motifs is 1. The fourth-order valence-electron chi connectivity index (χ4n) is 1.41. The minimum absolute atomic E-state index is 0.389. The summed E-state index contributed by atoms with van der Waals surface area (Å²) in [6.45, 7) is 0. The molecule has 0 saturated heterocycles. The first kappa shape index (κ1) is 8.26. The number of para-hydroxylation sites is 1. The Kier molecular flexibility index (Phi) is 1.63. The number of hydrogen-bond acceptors (Lipinski definition) is 2. The Morgan fingerprint density at radius 2 is 2.00 bits per heavy atom. The van der Waals surface area contributed by atoms with Crippen LogP contribution >= 0.6 is 11.6 Å². The van der Waals surface area contributed by atoms with E-state index in [1.807, 2.05) is 0 Å². The molecule has 1 aliphatic heterocycles. The number of halogens is 1. The van der Waals surface area contributed by atoms with Crippen LogP contribution in [0.1, 0.15) is 10.4 Å². The maximum Gasteiger partial charge on any atom is 0.299 e. The fraction of sp³-hybridized carbons (Fsp3) is 0.111. The number of Topliss-reactive ketones (excluding diaryl/α,β-unsaturated/α-hetero) is 1. The smallest absolute Gasteiger partial charge is 0.299 e. The first-order chi connectivity index (χ1) is 6.13. The number of hydrogen-bond donors (Lipinski definition) is 0. The normalized spacial score (nSPS) is 15.1. The molecule has 1 heterocycles. The van der Waals surface area contributed by atoms with Crippen molar-refractivity contribution in [3.63, 3.8) is 0 Å². The molecule has 0 aromatic heterocycles. The maximum absolute atomic E-state index is 11.3. The van der Waals surface area contributed by atoms with E-state index in [2.05, 4.69) is 0 Å². The lowest BCUT2D eigenvalue weighted by atomic mass is 10.1. The molecule has 0 spiro atoms. The average molecular weight is 196 g/mol. The van der Waals surface area contributed by atoms with Crippen molar-refractivity contribution < 1.29 is 9.59 Å². The van der Waals surface area contributed by atoms with Crippen LogP contribution in [0.2, 0.25) is 5.02 Å². The molecule has 2 rings (SSSR count). The van der Waals surface area contributed by atoms with Gasteiger partial charge in [-0.2, -0.15) is 0 Å². The predicted molar refractivity (Wildman–Crippen MR) is 49.2 cm³/mol. The molecule has 0 atom stereocenters. The zero-order chi connectivity index (χ0) is 9.59. The molecular weight excluding hydrogens is 190 g/mol. The molecule has 1 aromatic carbocycles. The molecule has 0 N–H and O–H groups in total. The van der Waals surface area contributed by atoms with Crippen LogP contribution in [0, 0.1) is 0 Å². The van der Waals surface area contributed by atoms with Gasteiger partial charge in [0, 0.05) is 7.05 Å². The van der Waals surface area contributed by atoms with Gasteiger partial charge in [0.2, 0.25) is 0 Å². The highest BCUT2D eigenvalue weighted by Gasteiger charge is 2.34. The van der Waals surface area contributed by atoms with E-state index in [1.165, 1.54) is 11.9 Å². The minimum atomic E-state index is -0.525. The van der Waals surface area contributed by atoms with Gasteiger partial charge in [-0.05, 0) is 12.1 Å². The van der Waals surface area contributed by atoms with E-state index >= 15 is 0 Å². The molecule has 0 unspecified atom stereocenters. The molecular formula is C9H6ClNO2. The molecule has 0 radical (unpaired) electrons. The largest absolute Gasteiger partial charge is 0.306 e. The number of carbonyl (C=O) groups excluding carboxylic acids is 2. The van der Waals surface area contributed by atoms with Crippen LogP contribution in [0.4, 0.5) is 5.69 Å². The highest BCUT2D eigenvalue weighted by atomic mass is 35.5. The molecule has 1 amide bonds. The summed E-state index contributed by atoms with van der Waals surface area (Å²) >= 11 is 5.85. The Labute approximate surface area is 79.9 Å². The summed E-state index contributed by atoms with van der Waals surface area (Å²) in [6, 6.07) is 4.92. The molecule has 0 bridgehead atoms. The summed E-state index contributed by atoms with van der Waals surface area (Å²) in [4.78, 5) is 23.8. The average Bonchev–Trinajstić information content (AvgIpc) is 2.33. The third kappa shape index (κ3) is 0.971. The molecule has 13 heavy (non-hydrogen) atoms. The van der Waals surface area contributed by atoms with Crippen LogP contribution in [0.3, 0.4) is 0 Å². The van der Waals surface area contributed by atoms with E-state index in [0.717, 1.165) is 0 Å². The minimum Gasteiger partial charge on any atom is -0.306 e. The van der Waals surface area contributed by atoms with Crippen molar-refractivity contribution in [1.82, 2.24) is 0 Å². The van der Waals surface area contributed by atoms with Gasteiger partial charge in [-0.25, -0.2) is 0 Å². The van der Waals surface area contributed by atoms with Gasteiger partial charge >= 0.3 is 0 Å². The molecule has 0 fully saturated rings. The first-order valence-corrected chi connectivity index (χ1v) is 4.11. The summed E-state index contributed by atoms with van der Waals surface area (Å²) in [5.74, 6) is -1.01. The number of rotatable bonds is 0. The Morgan fingerprint density at radius 3 is 2.62 bits per heavy atom. The van der Waals surface area contributed by atoms with E-state index in [1.54, 1.807) is 18.2 Å². The summed E-state index contributed by atoms with van der Waals surface area (Å²) in [5.41, 5.74) is 0.902. The van der Waals surface area contributed by atoms with Crippen molar-refractivity contribution in [1.29, 1.82) is 0 Å². The van der Waals surface area contributed by atoms with Gasteiger partial charge in [0.25, 0.3) is 11.7 Å². The number of benzene rings is 1. The van der Waals surface area contributed by atoms with E-state index in [-0.39, 0.29) is 0 Å². The Balaban J connectivity index is 2.73. The van der Waals surface area contributed by atoms with E-state index in [9.17, 15) is 9.59 Å². The second kappa shape index (κ2) is 2.57. The van der Waals surface area contributed by atoms with E-state index in [0.29, 0.717) is 16.3 Å². The van der Waals surface area contributed by atoms with Crippen LogP contribution in [-0.4, -0.2) is 18.7 Å². The number of ketones is 1. The Morgan fingerprint density at radius 1 is 1.31 bits per heavy atom. The van der Waals surface area contributed by atoms with Gasteiger partial charge in [-0.15, -0.1) is 0 Å². The standard InChI is InChI=1S/C9H6ClNO2/c1-11-7-5(8(12)9(11)13)3-2-4-6(7)10/h2-4H,1H3.